The Balaban J connectivity index is 1.72. The first-order chi connectivity index (χ1) is 8.12. The van der Waals surface area contributed by atoms with E-state index in [0.29, 0.717) is 0 Å². The van der Waals surface area contributed by atoms with Crippen molar-refractivity contribution in [1.29, 1.82) is 0 Å². The predicted molar refractivity (Wildman–Crippen MR) is 66.3 cm³/mol. The first kappa shape index (κ1) is 10.9. The van der Waals surface area contributed by atoms with Gasteiger partial charge in [0.2, 0.25) is 0 Å². The van der Waals surface area contributed by atoms with E-state index in [0.717, 1.165) is 30.8 Å². The van der Waals surface area contributed by atoms with Crippen molar-refractivity contribution in [2.75, 3.05) is 23.4 Å². The zero-order valence-corrected chi connectivity index (χ0v) is 10.3. The Labute approximate surface area is 101 Å². The summed E-state index contributed by atoms with van der Waals surface area (Å²) in [5.74, 6) is 1.06. The van der Waals surface area contributed by atoms with Gasteiger partial charge in [0, 0.05) is 18.3 Å². The van der Waals surface area contributed by atoms with Gasteiger partial charge >= 0.3 is 0 Å². The minimum absolute atomic E-state index is 0.150. The molecule has 1 fully saturated rings. The highest BCUT2D eigenvalue weighted by molar-refractivity contribution is 7.92. The zero-order valence-electron chi connectivity index (χ0n) is 9.48. The van der Waals surface area contributed by atoms with Crippen LogP contribution < -0.4 is 10.1 Å². The molecule has 1 aromatic rings. The van der Waals surface area contributed by atoms with Gasteiger partial charge in [-0.15, -0.1) is 0 Å². The van der Waals surface area contributed by atoms with Crippen LogP contribution in [0.15, 0.2) is 18.2 Å². The summed E-state index contributed by atoms with van der Waals surface area (Å²) in [6.45, 7) is 0.994. The molecule has 0 aromatic heterocycles. The molecular weight excluding hydrogens is 238 g/mol. The molecule has 5 heteroatoms. The SMILES string of the molecule is O=S1(=O)CC(Oc2ccc3c(c2)NCCC3)C1. The van der Waals surface area contributed by atoms with Crippen LogP contribution in [0.4, 0.5) is 5.69 Å². The summed E-state index contributed by atoms with van der Waals surface area (Å²) in [6.07, 6.45) is 2.09. The van der Waals surface area contributed by atoms with Crippen LogP contribution in [-0.4, -0.2) is 32.6 Å². The maximum atomic E-state index is 11.0. The van der Waals surface area contributed by atoms with Crippen molar-refractivity contribution in [3.63, 3.8) is 0 Å². The van der Waals surface area contributed by atoms with Crippen LogP contribution in [0.3, 0.4) is 0 Å². The Morgan fingerprint density at radius 3 is 2.88 bits per heavy atom. The highest BCUT2D eigenvalue weighted by Crippen LogP contribution is 2.28. The van der Waals surface area contributed by atoms with Crippen LogP contribution in [0.5, 0.6) is 5.75 Å². The number of hydrogen-bond donors (Lipinski definition) is 1. The molecule has 0 amide bonds. The normalized spacial score (nSPS) is 22.1. The minimum atomic E-state index is -2.81. The van der Waals surface area contributed by atoms with E-state index < -0.39 is 9.84 Å². The van der Waals surface area contributed by atoms with Gasteiger partial charge in [-0.3, -0.25) is 0 Å². The van der Waals surface area contributed by atoms with Crippen LogP contribution >= 0.6 is 0 Å². The molecule has 2 aliphatic rings. The van der Waals surface area contributed by atoms with Gasteiger partial charge in [-0.2, -0.15) is 0 Å². The lowest BCUT2D eigenvalue weighted by atomic mass is 10.0. The van der Waals surface area contributed by atoms with Gasteiger partial charge in [0.05, 0.1) is 11.5 Å². The average molecular weight is 253 g/mol. The van der Waals surface area contributed by atoms with Crippen molar-refractivity contribution >= 4 is 15.5 Å². The molecular formula is C12H15NO3S. The monoisotopic (exact) mass is 253 g/mol. The van der Waals surface area contributed by atoms with Crippen LogP contribution in [0, 0.1) is 0 Å². The Kier molecular flexibility index (Phi) is 2.50. The standard InChI is InChI=1S/C12H15NO3S/c14-17(15)7-11(8-17)16-10-4-3-9-2-1-5-13-12(9)6-10/h3-4,6,11,13H,1-2,5,7-8H2. The number of ether oxygens (including phenoxy) is 1. The van der Waals surface area contributed by atoms with Gasteiger partial charge in [-0.05, 0) is 24.5 Å². The maximum absolute atomic E-state index is 11.0. The van der Waals surface area contributed by atoms with E-state index in [1.54, 1.807) is 0 Å². The fourth-order valence-corrected chi connectivity index (χ4v) is 3.46. The minimum Gasteiger partial charge on any atom is -0.488 e. The largest absolute Gasteiger partial charge is 0.488 e. The number of hydrogen-bond acceptors (Lipinski definition) is 4. The topological polar surface area (TPSA) is 55.4 Å². The number of rotatable bonds is 2. The lowest BCUT2D eigenvalue weighted by Gasteiger charge is -2.27. The average Bonchev–Trinajstić information content (AvgIpc) is 2.26. The summed E-state index contributed by atoms with van der Waals surface area (Å²) in [6, 6.07) is 5.96. The third-order valence-electron chi connectivity index (χ3n) is 3.20. The molecule has 0 atom stereocenters. The molecule has 1 N–H and O–H groups in total. The van der Waals surface area contributed by atoms with Crippen molar-refractivity contribution in [3.05, 3.63) is 23.8 Å². The summed E-state index contributed by atoms with van der Waals surface area (Å²) in [7, 11) is -2.81. The van der Waals surface area contributed by atoms with E-state index >= 15 is 0 Å². The van der Waals surface area contributed by atoms with E-state index in [-0.39, 0.29) is 17.6 Å². The quantitative estimate of drug-likeness (QED) is 0.861. The fourth-order valence-electron chi connectivity index (χ4n) is 2.29. The fraction of sp³-hybridized carbons (Fsp3) is 0.500. The number of nitrogens with one attached hydrogen (secondary N) is 1. The van der Waals surface area contributed by atoms with Crippen LogP contribution in [0.2, 0.25) is 0 Å². The van der Waals surface area contributed by atoms with Crippen molar-refractivity contribution in [2.24, 2.45) is 0 Å². The van der Waals surface area contributed by atoms with Crippen molar-refractivity contribution < 1.29 is 13.2 Å². The van der Waals surface area contributed by atoms with E-state index in [1.807, 2.05) is 12.1 Å². The molecule has 92 valence electrons. The molecule has 0 saturated carbocycles. The summed E-state index contributed by atoms with van der Waals surface area (Å²) in [5.41, 5.74) is 2.43. The molecule has 3 rings (SSSR count). The molecule has 0 bridgehead atoms. The van der Waals surface area contributed by atoms with Gasteiger partial charge in [0.15, 0.2) is 9.84 Å². The summed E-state index contributed by atoms with van der Waals surface area (Å²) < 4.78 is 27.7. The smallest absolute Gasteiger partial charge is 0.157 e. The van der Waals surface area contributed by atoms with Crippen LogP contribution in [-0.2, 0) is 16.3 Å². The van der Waals surface area contributed by atoms with E-state index in [9.17, 15) is 8.42 Å². The van der Waals surface area contributed by atoms with E-state index in [2.05, 4.69) is 11.4 Å². The van der Waals surface area contributed by atoms with Gasteiger partial charge in [0.25, 0.3) is 0 Å². The molecule has 1 aromatic carbocycles. The lowest BCUT2D eigenvalue weighted by Crippen LogP contribution is -2.45. The molecule has 0 unspecified atom stereocenters. The second-order valence-electron chi connectivity index (χ2n) is 4.67. The second kappa shape index (κ2) is 3.91. The first-order valence-corrected chi connectivity index (χ1v) is 7.68. The number of benzene rings is 1. The predicted octanol–water partition coefficient (Wildman–Crippen LogP) is 1.22. The van der Waals surface area contributed by atoms with Gasteiger partial charge < -0.3 is 10.1 Å². The van der Waals surface area contributed by atoms with Crippen molar-refractivity contribution in [3.8, 4) is 5.75 Å². The highest BCUT2D eigenvalue weighted by Gasteiger charge is 2.35. The molecule has 0 spiro atoms. The second-order valence-corrected chi connectivity index (χ2v) is 6.82. The lowest BCUT2D eigenvalue weighted by molar-refractivity contribution is 0.230. The Morgan fingerprint density at radius 2 is 2.12 bits per heavy atom. The third kappa shape index (κ3) is 2.24. The van der Waals surface area contributed by atoms with Crippen molar-refractivity contribution in [2.45, 2.75) is 18.9 Å². The third-order valence-corrected chi connectivity index (χ3v) is 4.96. The maximum Gasteiger partial charge on any atom is 0.157 e. The van der Waals surface area contributed by atoms with Gasteiger partial charge in [0.1, 0.15) is 11.9 Å². The van der Waals surface area contributed by atoms with Crippen LogP contribution in [0.25, 0.3) is 0 Å². The van der Waals surface area contributed by atoms with Crippen molar-refractivity contribution in [1.82, 2.24) is 0 Å². The summed E-state index contributed by atoms with van der Waals surface area (Å²) in [5, 5.41) is 3.33. The van der Waals surface area contributed by atoms with Gasteiger partial charge in [-0.1, -0.05) is 6.07 Å². The molecule has 17 heavy (non-hydrogen) atoms. The molecule has 0 aliphatic carbocycles. The number of sulfone groups is 1. The number of anilines is 1. The first-order valence-electron chi connectivity index (χ1n) is 5.86. The summed E-state index contributed by atoms with van der Waals surface area (Å²) in [4.78, 5) is 0. The Bertz CT molecular complexity index is 527. The molecule has 2 heterocycles. The molecule has 2 aliphatic heterocycles. The van der Waals surface area contributed by atoms with E-state index in [4.69, 9.17) is 4.74 Å². The number of fused-ring (bicyclic) bond motifs is 1. The zero-order chi connectivity index (χ0) is 11.9. The Morgan fingerprint density at radius 1 is 1.29 bits per heavy atom. The number of aryl methyl sites for hydroxylation is 1. The summed E-state index contributed by atoms with van der Waals surface area (Å²) >= 11 is 0. The van der Waals surface area contributed by atoms with Crippen LogP contribution in [0.1, 0.15) is 12.0 Å². The van der Waals surface area contributed by atoms with E-state index in [1.165, 1.54) is 5.56 Å². The molecule has 0 radical (unpaired) electrons. The Hall–Kier alpha value is -1.23. The molecule has 4 nitrogen and oxygen atoms in total. The highest BCUT2D eigenvalue weighted by atomic mass is 32.2. The molecule has 1 saturated heterocycles. The van der Waals surface area contributed by atoms with Gasteiger partial charge in [-0.25, -0.2) is 8.42 Å².